The number of nitrogens with zero attached hydrogens (tertiary/aromatic N) is 2. The van der Waals surface area contributed by atoms with Gasteiger partial charge >= 0.3 is 5.97 Å². The third-order valence-corrected chi connectivity index (χ3v) is 2.30. The van der Waals surface area contributed by atoms with Gasteiger partial charge in [-0.1, -0.05) is 0 Å². The molecule has 0 saturated heterocycles. The first kappa shape index (κ1) is 11.3. The Hall–Kier alpha value is -2.24. The van der Waals surface area contributed by atoms with Gasteiger partial charge in [-0.05, 0) is 24.3 Å². The van der Waals surface area contributed by atoms with Gasteiger partial charge in [-0.25, -0.2) is 18.3 Å². The monoisotopic (exact) mass is 238 g/mol. The molecule has 0 atom stereocenters. The lowest BCUT2D eigenvalue weighted by Gasteiger charge is -2.05. The summed E-state index contributed by atoms with van der Waals surface area (Å²) in [6, 6.07) is 5.18. The molecule has 1 N–H and O–H groups in total. The SMILES string of the molecule is O=C(O)c1cnn(-c2ccc(F)cc2)c1CF. The van der Waals surface area contributed by atoms with Crippen LogP contribution in [0.3, 0.4) is 0 Å². The lowest BCUT2D eigenvalue weighted by Crippen LogP contribution is -2.05. The van der Waals surface area contributed by atoms with E-state index in [2.05, 4.69) is 5.10 Å². The number of rotatable bonds is 3. The minimum Gasteiger partial charge on any atom is -0.478 e. The lowest BCUT2D eigenvalue weighted by atomic mass is 10.2. The quantitative estimate of drug-likeness (QED) is 0.891. The second kappa shape index (κ2) is 4.32. The molecule has 1 aromatic heterocycles. The fraction of sp³-hybridized carbons (Fsp3) is 0.0909. The minimum absolute atomic E-state index is 0.0656. The average molecular weight is 238 g/mol. The van der Waals surface area contributed by atoms with Crippen molar-refractivity contribution in [3.63, 3.8) is 0 Å². The molecule has 1 aromatic carbocycles. The van der Waals surface area contributed by atoms with Gasteiger partial charge in [0.15, 0.2) is 0 Å². The van der Waals surface area contributed by atoms with Gasteiger partial charge in [0.2, 0.25) is 0 Å². The number of halogens is 2. The molecule has 0 bridgehead atoms. The maximum absolute atomic E-state index is 12.8. The zero-order valence-electron chi connectivity index (χ0n) is 8.60. The normalized spacial score (nSPS) is 10.5. The Morgan fingerprint density at radius 2 is 2.00 bits per heavy atom. The molecule has 6 heteroatoms. The van der Waals surface area contributed by atoms with Crippen molar-refractivity contribution in [2.45, 2.75) is 6.67 Å². The van der Waals surface area contributed by atoms with Crippen molar-refractivity contribution in [3.05, 3.63) is 47.5 Å². The number of carboxylic acid groups (broad SMARTS) is 1. The van der Waals surface area contributed by atoms with E-state index in [0.29, 0.717) is 5.69 Å². The summed E-state index contributed by atoms with van der Waals surface area (Å²) < 4.78 is 26.7. The maximum atomic E-state index is 12.8. The van der Waals surface area contributed by atoms with Gasteiger partial charge in [0.25, 0.3) is 0 Å². The fourth-order valence-electron chi connectivity index (χ4n) is 1.49. The Kier molecular flexibility index (Phi) is 2.86. The van der Waals surface area contributed by atoms with Crippen LogP contribution in [0.5, 0.6) is 0 Å². The average Bonchev–Trinajstić information content (AvgIpc) is 2.73. The van der Waals surface area contributed by atoms with Crippen molar-refractivity contribution in [1.82, 2.24) is 9.78 Å². The van der Waals surface area contributed by atoms with Crippen LogP contribution >= 0.6 is 0 Å². The number of hydrogen-bond acceptors (Lipinski definition) is 2. The van der Waals surface area contributed by atoms with Crippen LogP contribution < -0.4 is 0 Å². The second-order valence-electron chi connectivity index (χ2n) is 3.33. The van der Waals surface area contributed by atoms with Gasteiger partial charge < -0.3 is 5.11 Å². The summed E-state index contributed by atoms with van der Waals surface area (Å²) >= 11 is 0. The van der Waals surface area contributed by atoms with Gasteiger partial charge in [0, 0.05) is 0 Å². The van der Waals surface area contributed by atoms with Crippen molar-refractivity contribution >= 4 is 5.97 Å². The summed E-state index contributed by atoms with van der Waals surface area (Å²) in [5.74, 6) is -1.67. The van der Waals surface area contributed by atoms with Crippen LogP contribution in [0.1, 0.15) is 16.1 Å². The summed E-state index contributed by atoms with van der Waals surface area (Å²) in [6.45, 7) is -0.959. The molecular formula is C11H8F2N2O2. The van der Waals surface area contributed by atoms with Crippen molar-refractivity contribution in [2.75, 3.05) is 0 Å². The number of benzene rings is 1. The van der Waals surface area contributed by atoms with Crippen molar-refractivity contribution < 1.29 is 18.7 Å². The molecule has 2 aromatic rings. The van der Waals surface area contributed by atoms with Crippen molar-refractivity contribution in [3.8, 4) is 5.69 Å². The molecule has 0 aliphatic heterocycles. The van der Waals surface area contributed by atoms with Gasteiger partial charge in [0.1, 0.15) is 18.1 Å². The number of carboxylic acids is 1. The molecule has 0 fully saturated rings. The predicted octanol–water partition coefficient (Wildman–Crippen LogP) is 2.18. The number of carbonyl (C=O) groups is 1. The summed E-state index contributed by atoms with van der Waals surface area (Å²) in [5.41, 5.74) is 0.146. The van der Waals surface area contributed by atoms with E-state index in [1.807, 2.05) is 0 Å². The number of hydrogen-bond donors (Lipinski definition) is 1. The van der Waals surface area contributed by atoms with Crippen molar-refractivity contribution in [1.29, 1.82) is 0 Å². The van der Waals surface area contributed by atoms with E-state index in [1.54, 1.807) is 0 Å². The highest BCUT2D eigenvalue weighted by atomic mass is 19.1. The molecular weight excluding hydrogens is 230 g/mol. The van der Waals surface area contributed by atoms with E-state index in [9.17, 15) is 13.6 Å². The summed E-state index contributed by atoms with van der Waals surface area (Å²) in [6.07, 6.45) is 1.07. The zero-order valence-corrected chi connectivity index (χ0v) is 8.60. The third-order valence-electron chi connectivity index (χ3n) is 2.30. The van der Waals surface area contributed by atoms with Crippen molar-refractivity contribution in [2.24, 2.45) is 0 Å². The van der Waals surface area contributed by atoms with Crippen LogP contribution in [0, 0.1) is 5.82 Å². The molecule has 0 radical (unpaired) electrons. The predicted molar refractivity (Wildman–Crippen MR) is 55.3 cm³/mol. The first-order chi connectivity index (χ1) is 8.13. The van der Waals surface area contributed by atoms with Crippen LogP contribution in [0.4, 0.5) is 8.78 Å². The molecule has 0 saturated carbocycles. The summed E-state index contributed by atoms with van der Waals surface area (Å²) in [7, 11) is 0. The largest absolute Gasteiger partial charge is 0.478 e. The van der Waals surface area contributed by atoms with E-state index in [0.717, 1.165) is 10.9 Å². The van der Waals surface area contributed by atoms with Gasteiger partial charge in [0.05, 0.1) is 17.6 Å². The smallest absolute Gasteiger partial charge is 0.339 e. The molecule has 0 spiro atoms. The molecule has 0 unspecified atom stereocenters. The summed E-state index contributed by atoms with van der Waals surface area (Å²) in [5, 5.41) is 12.6. The van der Waals surface area contributed by atoms with Crippen LogP contribution in [0.15, 0.2) is 30.5 Å². The van der Waals surface area contributed by atoms with Crippen LogP contribution in [0.25, 0.3) is 5.69 Å². The minimum atomic E-state index is -1.24. The van der Waals surface area contributed by atoms with E-state index in [1.165, 1.54) is 24.3 Å². The molecule has 88 valence electrons. The van der Waals surface area contributed by atoms with Crippen LogP contribution in [-0.4, -0.2) is 20.9 Å². The Balaban J connectivity index is 2.52. The number of aromatic nitrogens is 2. The molecule has 0 amide bonds. The molecule has 1 heterocycles. The van der Waals surface area contributed by atoms with E-state index < -0.39 is 18.5 Å². The Labute approximate surface area is 95.1 Å². The van der Waals surface area contributed by atoms with E-state index in [-0.39, 0.29) is 11.3 Å². The van der Waals surface area contributed by atoms with Crippen LogP contribution in [-0.2, 0) is 6.67 Å². The van der Waals surface area contributed by atoms with Gasteiger partial charge in [-0.2, -0.15) is 5.10 Å². The molecule has 4 nitrogen and oxygen atoms in total. The Bertz CT molecular complexity index is 549. The first-order valence-electron chi connectivity index (χ1n) is 4.75. The van der Waals surface area contributed by atoms with Crippen LogP contribution in [0.2, 0.25) is 0 Å². The maximum Gasteiger partial charge on any atom is 0.339 e. The van der Waals surface area contributed by atoms with E-state index >= 15 is 0 Å². The highest BCUT2D eigenvalue weighted by molar-refractivity contribution is 5.88. The molecule has 2 rings (SSSR count). The Morgan fingerprint density at radius 1 is 1.35 bits per heavy atom. The first-order valence-corrected chi connectivity index (χ1v) is 4.75. The molecule has 17 heavy (non-hydrogen) atoms. The van der Waals surface area contributed by atoms with Gasteiger partial charge in [-0.3, -0.25) is 0 Å². The Morgan fingerprint density at radius 3 is 2.53 bits per heavy atom. The molecule has 0 aliphatic carbocycles. The highest BCUT2D eigenvalue weighted by Crippen LogP contribution is 2.16. The summed E-state index contributed by atoms with van der Waals surface area (Å²) in [4.78, 5) is 10.8. The third kappa shape index (κ3) is 2.01. The number of alkyl halides is 1. The fourth-order valence-corrected chi connectivity index (χ4v) is 1.49. The van der Waals surface area contributed by atoms with E-state index in [4.69, 9.17) is 5.11 Å². The topological polar surface area (TPSA) is 55.1 Å². The second-order valence-corrected chi connectivity index (χ2v) is 3.33. The highest BCUT2D eigenvalue weighted by Gasteiger charge is 2.17. The standard InChI is InChI=1S/C11H8F2N2O2/c12-5-10-9(11(16)17)6-14-15(10)8-3-1-7(13)2-4-8/h1-4,6H,5H2,(H,16,17). The van der Waals surface area contributed by atoms with Gasteiger partial charge in [-0.15, -0.1) is 0 Å². The zero-order chi connectivity index (χ0) is 12.4. The lowest BCUT2D eigenvalue weighted by molar-refractivity contribution is 0.0694. The number of aromatic carboxylic acids is 1. The molecule has 0 aliphatic rings.